The topological polar surface area (TPSA) is 58.6 Å². The highest BCUT2D eigenvalue weighted by Gasteiger charge is 2.30. The summed E-state index contributed by atoms with van der Waals surface area (Å²) in [6.07, 6.45) is -4.41. The van der Waals surface area contributed by atoms with Crippen LogP contribution in [-0.4, -0.2) is 30.8 Å². The first kappa shape index (κ1) is 25.6. The Balaban J connectivity index is 1.65. The quantitative estimate of drug-likeness (QED) is 0.301. The average molecular weight is 494 g/mol. The van der Waals surface area contributed by atoms with Crippen LogP contribution in [0.25, 0.3) is 11.1 Å². The second-order valence-electron chi connectivity index (χ2n) is 7.46. The number of aliphatic hydroxyl groups is 1. The molecule has 0 aliphatic heterocycles. The minimum absolute atomic E-state index is 0.148. The molecule has 0 saturated carbocycles. The van der Waals surface area contributed by atoms with Crippen molar-refractivity contribution in [3.05, 3.63) is 83.2 Å². The molecule has 0 radical (unpaired) electrons. The number of amides is 1. The Morgan fingerprint density at radius 3 is 2.38 bits per heavy atom. The van der Waals surface area contributed by atoms with E-state index < -0.39 is 17.6 Å². The van der Waals surface area contributed by atoms with Gasteiger partial charge >= 0.3 is 6.18 Å². The van der Waals surface area contributed by atoms with Gasteiger partial charge in [-0.05, 0) is 71.6 Å². The van der Waals surface area contributed by atoms with Gasteiger partial charge in [0.15, 0.2) is 6.61 Å². The molecule has 3 aromatic rings. The lowest BCUT2D eigenvalue weighted by molar-refractivity contribution is -0.137. The largest absolute Gasteiger partial charge is 0.484 e. The van der Waals surface area contributed by atoms with Crippen molar-refractivity contribution in [2.45, 2.75) is 23.7 Å². The van der Waals surface area contributed by atoms with E-state index in [2.05, 4.69) is 5.32 Å². The van der Waals surface area contributed by atoms with E-state index in [-0.39, 0.29) is 25.7 Å². The van der Waals surface area contributed by atoms with Crippen molar-refractivity contribution >= 4 is 17.7 Å². The van der Waals surface area contributed by atoms with E-state index in [0.717, 1.165) is 22.6 Å². The highest BCUT2D eigenvalue weighted by atomic mass is 32.2. The van der Waals surface area contributed by atoms with Crippen molar-refractivity contribution in [3.63, 3.8) is 0 Å². The van der Waals surface area contributed by atoms with Crippen LogP contribution in [0.2, 0.25) is 0 Å². The Morgan fingerprint density at radius 1 is 1.03 bits per heavy atom. The minimum Gasteiger partial charge on any atom is -0.484 e. The lowest BCUT2D eigenvalue weighted by Gasteiger charge is -2.12. The van der Waals surface area contributed by atoms with Gasteiger partial charge in [-0.1, -0.05) is 18.2 Å². The van der Waals surface area contributed by atoms with Crippen molar-refractivity contribution in [1.29, 1.82) is 0 Å². The summed E-state index contributed by atoms with van der Waals surface area (Å²) in [6.45, 7) is 1.67. The fourth-order valence-electron chi connectivity index (χ4n) is 3.14. The zero-order valence-electron chi connectivity index (χ0n) is 18.3. The van der Waals surface area contributed by atoms with Gasteiger partial charge in [-0.15, -0.1) is 11.8 Å². The SMILES string of the molecule is Cc1cc(SCc2cc(-c3ccc(C(F)(F)F)cc3)ccc2F)ccc1OCC(=O)NCCO. The summed E-state index contributed by atoms with van der Waals surface area (Å²) in [5.74, 6) is 0.131. The van der Waals surface area contributed by atoms with Crippen LogP contribution in [0, 0.1) is 12.7 Å². The monoisotopic (exact) mass is 493 g/mol. The van der Waals surface area contributed by atoms with Gasteiger partial charge in [-0.25, -0.2) is 4.39 Å². The zero-order valence-corrected chi connectivity index (χ0v) is 19.1. The number of nitrogens with one attached hydrogen (secondary N) is 1. The summed E-state index contributed by atoms with van der Waals surface area (Å²) in [5, 5.41) is 11.2. The van der Waals surface area contributed by atoms with E-state index in [4.69, 9.17) is 9.84 Å². The summed E-state index contributed by atoms with van der Waals surface area (Å²) in [4.78, 5) is 12.5. The van der Waals surface area contributed by atoms with Gasteiger partial charge in [0.25, 0.3) is 5.91 Å². The number of aryl methyl sites for hydroxylation is 1. The van der Waals surface area contributed by atoms with Crippen LogP contribution in [-0.2, 0) is 16.7 Å². The summed E-state index contributed by atoms with van der Waals surface area (Å²) in [6, 6.07) is 14.7. The maximum absolute atomic E-state index is 14.4. The zero-order chi connectivity index (χ0) is 24.7. The number of hydrogen-bond donors (Lipinski definition) is 2. The summed E-state index contributed by atoms with van der Waals surface area (Å²) in [7, 11) is 0. The molecule has 180 valence electrons. The predicted octanol–water partition coefficient (Wildman–Crippen LogP) is 5.60. The first-order valence-corrected chi connectivity index (χ1v) is 11.4. The van der Waals surface area contributed by atoms with Crippen LogP contribution in [0.5, 0.6) is 5.75 Å². The first-order chi connectivity index (χ1) is 16.2. The van der Waals surface area contributed by atoms with E-state index in [1.54, 1.807) is 24.3 Å². The molecular weight excluding hydrogens is 470 g/mol. The van der Waals surface area contributed by atoms with Crippen molar-refractivity contribution in [2.24, 2.45) is 0 Å². The molecule has 3 aromatic carbocycles. The molecular formula is C25H23F4NO3S. The molecule has 1 amide bonds. The van der Waals surface area contributed by atoms with Crippen molar-refractivity contribution in [2.75, 3.05) is 19.8 Å². The number of rotatable bonds is 9. The first-order valence-electron chi connectivity index (χ1n) is 10.4. The molecule has 34 heavy (non-hydrogen) atoms. The molecule has 0 aliphatic rings. The number of ether oxygens (including phenoxy) is 1. The summed E-state index contributed by atoms with van der Waals surface area (Å²) in [5.41, 5.74) is 1.70. The molecule has 0 heterocycles. The molecule has 9 heteroatoms. The van der Waals surface area contributed by atoms with Crippen LogP contribution in [0.3, 0.4) is 0 Å². The fourth-order valence-corrected chi connectivity index (χ4v) is 4.11. The Morgan fingerprint density at radius 2 is 1.74 bits per heavy atom. The minimum atomic E-state index is -4.41. The highest BCUT2D eigenvalue weighted by Crippen LogP contribution is 2.33. The lowest BCUT2D eigenvalue weighted by Crippen LogP contribution is -2.31. The van der Waals surface area contributed by atoms with E-state index in [1.807, 2.05) is 13.0 Å². The summed E-state index contributed by atoms with van der Waals surface area (Å²) >= 11 is 1.40. The van der Waals surface area contributed by atoms with Gasteiger partial charge in [-0.2, -0.15) is 13.2 Å². The number of alkyl halides is 3. The van der Waals surface area contributed by atoms with Crippen molar-refractivity contribution < 1.29 is 32.2 Å². The van der Waals surface area contributed by atoms with E-state index in [1.165, 1.54) is 30.0 Å². The highest BCUT2D eigenvalue weighted by molar-refractivity contribution is 7.98. The Hall–Kier alpha value is -3.04. The van der Waals surface area contributed by atoms with Gasteiger partial charge in [0, 0.05) is 17.2 Å². The van der Waals surface area contributed by atoms with E-state index in [0.29, 0.717) is 28.2 Å². The lowest BCUT2D eigenvalue weighted by atomic mass is 10.0. The maximum Gasteiger partial charge on any atom is 0.416 e. The maximum atomic E-state index is 14.4. The van der Waals surface area contributed by atoms with Crippen molar-refractivity contribution in [3.8, 4) is 16.9 Å². The second-order valence-corrected chi connectivity index (χ2v) is 8.51. The number of carbonyl (C=O) groups is 1. The number of thioether (sulfide) groups is 1. The van der Waals surface area contributed by atoms with Crippen LogP contribution >= 0.6 is 11.8 Å². The Bertz CT molecular complexity index is 1130. The molecule has 3 rings (SSSR count). The molecule has 0 spiro atoms. The third kappa shape index (κ3) is 6.98. The number of benzene rings is 3. The van der Waals surface area contributed by atoms with Crippen LogP contribution < -0.4 is 10.1 Å². The van der Waals surface area contributed by atoms with Crippen molar-refractivity contribution in [1.82, 2.24) is 5.32 Å². The van der Waals surface area contributed by atoms with Gasteiger partial charge in [0.05, 0.1) is 12.2 Å². The van der Waals surface area contributed by atoms with Gasteiger partial charge in [0.2, 0.25) is 0 Å². The van der Waals surface area contributed by atoms with E-state index >= 15 is 0 Å². The Kier molecular flexibility index (Phi) is 8.57. The number of hydrogen-bond acceptors (Lipinski definition) is 4. The number of carbonyl (C=O) groups excluding carboxylic acids is 1. The normalized spacial score (nSPS) is 11.4. The van der Waals surface area contributed by atoms with E-state index in [9.17, 15) is 22.4 Å². The molecule has 2 N–H and O–H groups in total. The molecule has 0 aliphatic carbocycles. The Labute approximate surface area is 199 Å². The average Bonchev–Trinajstić information content (AvgIpc) is 2.81. The summed E-state index contributed by atoms with van der Waals surface area (Å²) < 4.78 is 58.2. The number of halogens is 4. The molecule has 0 bridgehead atoms. The van der Waals surface area contributed by atoms with Gasteiger partial charge in [-0.3, -0.25) is 4.79 Å². The molecule has 0 atom stereocenters. The fraction of sp³-hybridized carbons (Fsp3) is 0.240. The van der Waals surface area contributed by atoms with Crippen LogP contribution in [0.15, 0.2) is 65.6 Å². The standard InChI is InChI=1S/C25H23F4NO3S/c1-16-12-21(7-9-23(16)33-14-24(32)30-10-11-31)34-15-19-13-18(4-8-22(19)26)17-2-5-20(6-3-17)25(27,28)29/h2-9,12-13,31H,10-11,14-15H2,1H3,(H,30,32). The molecule has 0 fully saturated rings. The molecule has 0 aromatic heterocycles. The molecule has 0 saturated heterocycles. The van der Waals surface area contributed by atoms with Crippen LogP contribution in [0.1, 0.15) is 16.7 Å². The smallest absolute Gasteiger partial charge is 0.416 e. The molecule has 4 nitrogen and oxygen atoms in total. The van der Waals surface area contributed by atoms with Crippen LogP contribution in [0.4, 0.5) is 17.6 Å². The third-order valence-corrected chi connectivity index (χ3v) is 5.97. The van der Waals surface area contributed by atoms with Gasteiger partial charge in [0.1, 0.15) is 11.6 Å². The third-order valence-electron chi connectivity index (χ3n) is 4.92. The number of aliphatic hydroxyl groups excluding tert-OH is 1. The predicted molar refractivity (Wildman–Crippen MR) is 123 cm³/mol. The molecule has 0 unspecified atom stereocenters. The second kappa shape index (κ2) is 11.4. The van der Waals surface area contributed by atoms with Gasteiger partial charge < -0.3 is 15.2 Å².